The van der Waals surface area contributed by atoms with E-state index in [0.29, 0.717) is 0 Å². The van der Waals surface area contributed by atoms with Crippen LogP contribution in [0.1, 0.15) is 11.5 Å². The Morgan fingerprint density at radius 2 is 1.71 bits per heavy atom. The van der Waals surface area contributed by atoms with E-state index in [2.05, 4.69) is 0 Å². The minimum absolute atomic E-state index is 0.147. The first-order valence-electron chi connectivity index (χ1n) is 4.64. The topological polar surface area (TPSA) is 106 Å². The Morgan fingerprint density at radius 3 is 2.12 bits per heavy atom. The Hall–Kier alpha value is -2.57. The van der Waals surface area contributed by atoms with Crippen LogP contribution in [0.3, 0.4) is 0 Å². The quantitative estimate of drug-likeness (QED) is 0.253. The lowest BCUT2D eigenvalue weighted by molar-refractivity contribution is -0.384. The molecule has 0 bridgehead atoms. The van der Waals surface area contributed by atoms with Crippen molar-refractivity contribution in [2.75, 3.05) is 0 Å². The number of nitrogens with one attached hydrogen (secondary N) is 1. The Kier molecular flexibility index (Phi) is 2.43. The van der Waals surface area contributed by atoms with E-state index in [9.17, 15) is 24.5 Å². The Balaban J connectivity index is 2.35. The highest BCUT2D eigenvalue weighted by molar-refractivity contribution is 6.50. The predicted molar refractivity (Wildman–Crippen MR) is 54.0 cm³/mol. The van der Waals surface area contributed by atoms with Crippen LogP contribution in [0.2, 0.25) is 0 Å². The second-order valence-electron chi connectivity index (χ2n) is 3.46. The summed E-state index contributed by atoms with van der Waals surface area (Å²) in [4.78, 5) is 43.5. The maximum Gasteiger partial charge on any atom is 0.295 e. The molecule has 0 spiro atoms. The highest BCUT2D eigenvalue weighted by atomic mass is 16.6. The van der Waals surface area contributed by atoms with Gasteiger partial charge in [0.05, 0.1) is 4.92 Å². The van der Waals surface area contributed by atoms with Crippen LogP contribution in [0.15, 0.2) is 24.3 Å². The van der Waals surface area contributed by atoms with Gasteiger partial charge in [-0.2, -0.15) is 0 Å². The summed E-state index contributed by atoms with van der Waals surface area (Å²) in [5.41, 5.74) is 0.120. The van der Waals surface area contributed by atoms with Crippen molar-refractivity contribution in [3.05, 3.63) is 39.9 Å². The molecule has 1 fully saturated rings. The second kappa shape index (κ2) is 3.78. The van der Waals surface area contributed by atoms with Gasteiger partial charge in [0.2, 0.25) is 11.7 Å². The number of nitro benzene ring substituents is 1. The molecule has 0 radical (unpaired) electrons. The van der Waals surface area contributed by atoms with E-state index in [-0.39, 0.29) is 11.3 Å². The molecule has 0 aliphatic carbocycles. The van der Waals surface area contributed by atoms with Gasteiger partial charge in [0.1, 0.15) is 5.92 Å². The van der Waals surface area contributed by atoms with Gasteiger partial charge in [-0.15, -0.1) is 0 Å². The van der Waals surface area contributed by atoms with Crippen LogP contribution >= 0.6 is 0 Å². The van der Waals surface area contributed by atoms with Gasteiger partial charge >= 0.3 is 0 Å². The lowest BCUT2D eigenvalue weighted by Gasteiger charge is -2.03. The molecule has 1 aromatic rings. The molecule has 1 saturated heterocycles. The summed E-state index contributed by atoms with van der Waals surface area (Å²) < 4.78 is 0. The van der Waals surface area contributed by atoms with Crippen LogP contribution in [0.5, 0.6) is 0 Å². The number of carbonyl (C=O) groups excluding carboxylic acids is 3. The third-order valence-electron chi connectivity index (χ3n) is 2.42. The molecule has 2 rings (SSSR count). The lowest BCUT2D eigenvalue weighted by atomic mass is 9.96. The maximum atomic E-state index is 11.4. The van der Waals surface area contributed by atoms with Crippen molar-refractivity contribution in [3.8, 4) is 0 Å². The summed E-state index contributed by atoms with van der Waals surface area (Å²) in [6, 6.07) is 4.94. The zero-order valence-corrected chi connectivity index (χ0v) is 8.38. The van der Waals surface area contributed by atoms with Crippen molar-refractivity contribution < 1.29 is 19.3 Å². The van der Waals surface area contributed by atoms with E-state index in [1.165, 1.54) is 24.3 Å². The molecule has 0 saturated carbocycles. The fourth-order valence-electron chi connectivity index (χ4n) is 1.59. The zero-order chi connectivity index (χ0) is 12.6. The summed E-state index contributed by atoms with van der Waals surface area (Å²) in [5, 5.41) is 12.3. The van der Waals surface area contributed by atoms with Crippen LogP contribution in [0.4, 0.5) is 5.69 Å². The number of nitrogens with zero attached hydrogens (tertiary/aromatic N) is 1. The summed E-state index contributed by atoms with van der Waals surface area (Å²) in [6.07, 6.45) is 0. The van der Waals surface area contributed by atoms with E-state index >= 15 is 0 Å². The van der Waals surface area contributed by atoms with E-state index in [0.717, 1.165) is 0 Å². The molecule has 86 valence electrons. The monoisotopic (exact) mass is 234 g/mol. The van der Waals surface area contributed by atoms with E-state index in [1.54, 1.807) is 0 Å². The van der Waals surface area contributed by atoms with Gasteiger partial charge in [-0.05, 0) is 5.56 Å². The molecule has 1 N–H and O–H groups in total. The van der Waals surface area contributed by atoms with Crippen molar-refractivity contribution >= 4 is 23.3 Å². The summed E-state index contributed by atoms with van der Waals surface area (Å²) in [5.74, 6) is -3.68. The molecule has 7 nitrogen and oxygen atoms in total. The number of benzene rings is 1. The Labute approximate surface area is 94.6 Å². The smallest absolute Gasteiger partial charge is 0.289 e. The fraction of sp³-hybridized carbons (Fsp3) is 0.100. The normalized spacial score (nSPS) is 19.3. The lowest BCUT2D eigenvalue weighted by Crippen LogP contribution is -2.22. The van der Waals surface area contributed by atoms with Gasteiger partial charge in [0, 0.05) is 12.1 Å². The van der Waals surface area contributed by atoms with Gasteiger partial charge < -0.3 is 0 Å². The molecular formula is C10H6N2O5. The van der Waals surface area contributed by atoms with Gasteiger partial charge in [0.25, 0.3) is 11.6 Å². The third kappa shape index (κ3) is 1.78. The van der Waals surface area contributed by atoms with Crippen molar-refractivity contribution in [2.24, 2.45) is 0 Å². The zero-order valence-electron chi connectivity index (χ0n) is 8.38. The minimum Gasteiger partial charge on any atom is -0.289 e. The van der Waals surface area contributed by atoms with E-state index in [4.69, 9.17) is 0 Å². The van der Waals surface area contributed by atoms with Crippen LogP contribution in [-0.2, 0) is 14.4 Å². The number of carbonyl (C=O) groups is 3. The van der Waals surface area contributed by atoms with E-state index < -0.39 is 28.4 Å². The van der Waals surface area contributed by atoms with Crippen LogP contribution < -0.4 is 5.32 Å². The molecule has 1 unspecified atom stereocenters. The number of hydrogen-bond acceptors (Lipinski definition) is 5. The second-order valence-corrected chi connectivity index (χ2v) is 3.46. The maximum absolute atomic E-state index is 11.4. The molecule has 1 aliphatic rings. The highest BCUT2D eigenvalue weighted by Crippen LogP contribution is 2.23. The Bertz CT molecular complexity index is 534. The molecule has 2 amide bonds. The molecule has 1 aliphatic heterocycles. The van der Waals surface area contributed by atoms with Gasteiger partial charge in [-0.25, -0.2) is 0 Å². The number of ketones is 1. The summed E-state index contributed by atoms with van der Waals surface area (Å²) in [7, 11) is 0. The summed E-state index contributed by atoms with van der Waals surface area (Å²) >= 11 is 0. The third-order valence-corrected chi connectivity index (χ3v) is 2.42. The number of Topliss-reactive ketones (excluding diaryl/α,β-unsaturated/α-hetero) is 1. The van der Waals surface area contributed by atoms with Gasteiger partial charge in [-0.1, -0.05) is 12.1 Å². The van der Waals surface area contributed by atoms with E-state index in [1.807, 2.05) is 5.32 Å². The van der Waals surface area contributed by atoms with Crippen LogP contribution in [0, 0.1) is 10.1 Å². The van der Waals surface area contributed by atoms with Crippen molar-refractivity contribution in [3.63, 3.8) is 0 Å². The number of non-ortho nitro benzene ring substituents is 1. The van der Waals surface area contributed by atoms with Gasteiger partial charge in [0.15, 0.2) is 0 Å². The minimum atomic E-state index is -1.19. The van der Waals surface area contributed by atoms with Crippen LogP contribution in [0.25, 0.3) is 0 Å². The highest BCUT2D eigenvalue weighted by Gasteiger charge is 2.41. The molecule has 1 aromatic carbocycles. The van der Waals surface area contributed by atoms with Crippen LogP contribution in [-0.4, -0.2) is 22.5 Å². The predicted octanol–water partition coefficient (Wildman–Crippen LogP) is -0.0961. The first-order chi connectivity index (χ1) is 8.00. The standard InChI is InChI=1S/C10H6N2O5/c13-8-7(9(14)11-10(8)15)5-1-3-6(4-2-5)12(16)17/h1-4,7H,(H,11,14,15). The first kappa shape index (κ1) is 10.9. The Morgan fingerprint density at radius 1 is 1.12 bits per heavy atom. The average Bonchev–Trinajstić information content (AvgIpc) is 2.53. The van der Waals surface area contributed by atoms with Gasteiger partial charge in [-0.3, -0.25) is 29.8 Å². The molecule has 1 atom stereocenters. The molecule has 7 heteroatoms. The first-order valence-corrected chi connectivity index (χ1v) is 4.64. The average molecular weight is 234 g/mol. The van der Waals surface area contributed by atoms with Crippen molar-refractivity contribution in [1.29, 1.82) is 0 Å². The molecule has 17 heavy (non-hydrogen) atoms. The molecule has 1 heterocycles. The molecular weight excluding hydrogens is 228 g/mol. The summed E-state index contributed by atoms with van der Waals surface area (Å²) in [6.45, 7) is 0. The number of hydrogen-bond donors (Lipinski definition) is 1. The SMILES string of the molecule is O=C1NC(=O)C(c2ccc([N+](=O)[O-])cc2)C1=O. The number of nitro groups is 1. The molecule has 0 aromatic heterocycles. The number of imide groups is 1. The number of amides is 2. The fourth-order valence-corrected chi connectivity index (χ4v) is 1.59. The van der Waals surface area contributed by atoms with Crippen molar-refractivity contribution in [2.45, 2.75) is 5.92 Å². The largest absolute Gasteiger partial charge is 0.295 e. The number of rotatable bonds is 2. The van der Waals surface area contributed by atoms with Crippen molar-refractivity contribution in [1.82, 2.24) is 5.32 Å².